The van der Waals surface area contributed by atoms with Gasteiger partial charge < -0.3 is 15.2 Å². The lowest BCUT2D eigenvalue weighted by molar-refractivity contribution is 0.0697. The van der Waals surface area contributed by atoms with E-state index in [2.05, 4.69) is 12.2 Å². The maximum atomic E-state index is 10.7. The predicted octanol–water partition coefficient (Wildman–Crippen LogP) is 3.18. The van der Waals surface area contributed by atoms with E-state index in [1.807, 2.05) is 0 Å². The SMILES string of the molecule is CC1CCCC(CNCCOc2ccc(C(=O)O)cc2)C1. The van der Waals surface area contributed by atoms with Crippen molar-refractivity contribution in [3.05, 3.63) is 29.8 Å². The van der Waals surface area contributed by atoms with Crippen LogP contribution >= 0.6 is 0 Å². The van der Waals surface area contributed by atoms with Gasteiger partial charge >= 0.3 is 5.97 Å². The van der Waals surface area contributed by atoms with Gasteiger partial charge in [-0.05, 0) is 55.5 Å². The average molecular weight is 291 g/mol. The molecular weight excluding hydrogens is 266 g/mol. The number of hydrogen-bond donors (Lipinski definition) is 2. The van der Waals surface area contributed by atoms with E-state index < -0.39 is 5.97 Å². The Morgan fingerprint density at radius 1 is 1.33 bits per heavy atom. The molecule has 21 heavy (non-hydrogen) atoms. The fourth-order valence-electron chi connectivity index (χ4n) is 2.99. The fraction of sp³-hybridized carbons (Fsp3) is 0.588. The first-order chi connectivity index (χ1) is 10.1. The van der Waals surface area contributed by atoms with Gasteiger partial charge in [-0.1, -0.05) is 19.8 Å². The summed E-state index contributed by atoms with van der Waals surface area (Å²) >= 11 is 0. The van der Waals surface area contributed by atoms with Crippen LogP contribution in [0.3, 0.4) is 0 Å². The summed E-state index contributed by atoms with van der Waals surface area (Å²) in [6.07, 6.45) is 5.42. The van der Waals surface area contributed by atoms with Crippen molar-refractivity contribution in [2.75, 3.05) is 19.7 Å². The molecule has 4 heteroatoms. The van der Waals surface area contributed by atoms with E-state index in [1.54, 1.807) is 24.3 Å². The van der Waals surface area contributed by atoms with Crippen LogP contribution in [0.2, 0.25) is 0 Å². The van der Waals surface area contributed by atoms with Crippen LogP contribution in [0.1, 0.15) is 43.0 Å². The van der Waals surface area contributed by atoms with Gasteiger partial charge in [0.15, 0.2) is 0 Å². The Morgan fingerprint density at radius 2 is 2.10 bits per heavy atom. The second kappa shape index (κ2) is 8.03. The number of aromatic carboxylic acids is 1. The molecule has 0 aliphatic heterocycles. The third-order valence-corrected chi connectivity index (χ3v) is 4.13. The van der Waals surface area contributed by atoms with Crippen molar-refractivity contribution < 1.29 is 14.6 Å². The van der Waals surface area contributed by atoms with Crippen LogP contribution in [0.25, 0.3) is 0 Å². The van der Waals surface area contributed by atoms with Crippen LogP contribution in [-0.2, 0) is 0 Å². The number of hydrogen-bond acceptors (Lipinski definition) is 3. The van der Waals surface area contributed by atoms with Crippen molar-refractivity contribution in [2.45, 2.75) is 32.6 Å². The van der Waals surface area contributed by atoms with Gasteiger partial charge in [0.2, 0.25) is 0 Å². The molecule has 2 unspecified atom stereocenters. The van der Waals surface area contributed by atoms with Crippen LogP contribution < -0.4 is 10.1 Å². The first-order valence-corrected chi connectivity index (χ1v) is 7.82. The highest BCUT2D eigenvalue weighted by atomic mass is 16.5. The zero-order chi connectivity index (χ0) is 15.1. The molecule has 0 amide bonds. The van der Waals surface area contributed by atoms with E-state index in [0.29, 0.717) is 12.4 Å². The van der Waals surface area contributed by atoms with E-state index in [0.717, 1.165) is 24.9 Å². The second-order valence-electron chi connectivity index (χ2n) is 6.02. The van der Waals surface area contributed by atoms with Gasteiger partial charge in [0.05, 0.1) is 5.56 Å². The molecule has 1 aliphatic carbocycles. The molecule has 0 radical (unpaired) electrons. The van der Waals surface area contributed by atoms with Crippen LogP contribution in [0.5, 0.6) is 5.75 Å². The van der Waals surface area contributed by atoms with Crippen molar-refractivity contribution in [1.29, 1.82) is 0 Å². The lowest BCUT2D eigenvalue weighted by atomic mass is 9.82. The fourth-order valence-corrected chi connectivity index (χ4v) is 2.99. The van der Waals surface area contributed by atoms with E-state index in [-0.39, 0.29) is 5.56 Å². The lowest BCUT2D eigenvalue weighted by Gasteiger charge is -2.26. The molecule has 0 bridgehead atoms. The van der Waals surface area contributed by atoms with E-state index in [4.69, 9.17) is 9.84 Å². The van der Waals surface area contributed by atoms with Gasteiger partial charge in [0.25, 0.3) is 0 Å². The van der Waals surface area contributed by atoms with Gasteiger partial charge in [-0.15, -0.1) is 0 Å². The predicted molar refractivity (Wildman–Crippen MR) is 82.9 cm³/mol. The van der Waals surface area contributed by atoms with Gasteiger partial charge in [0, 0.05) is 6.54 Å². The summed E-state index contributed by atoms with van der Waals surface area (Å²) in [5, 5.41) is 12.3. The third kappa shape index (κ3) is 5.38. The number of benzene rings is 1. The smallest absolute Gasteiger partial charge is 0.335 e. The van der Waals surface area contributed by atoms with Crippen molar-refractivity contribution >= 4 is 5.97 Å². The number of rotatable bonds is 7. The molecule has 4 nitrogen and oxygen atoms in total. The van der Waals surface area contributed by atoms with Crippen LogP contribution in [0, 0.1) is 11.8 Å². The topological polar surface area (TPSA) is 58.6 Å². The van der Waals surface area contributed by atoms with Gasteiger partial charge in [-0.3, -0.25) is 0 Å². The minimum absolute atomic E-state index is 0.284. The minimum atomic E-state index is -0.912. The Hall–Kier alpha value is -1.55. The molecule has 116 valence electrons. The third-order valence-electron chi connectivity index (χ3n) is 4.13. The molecule has 1 aromatic carbocycles. The molecule has 1 aromatic rings. The second-order valence-corrected chi connectivity index (χ2v) is 6.02. The largest absolute Gasteiger partial charge is 0.492 e. The summed E-state index contributed by atoms with van der Waals surface area (Å²) in [4.78, 5) is 10.7. The van der Waals surface area contributed by atoms with Crippen molar-refractivity contribution in [2.24, 2.45) is 11.8 Å². The first-order valence-electron chi connectivity index (χ1n) is 7.82. The normalized spacial score (nSPS) is 22.0. The van der Waals surface area contributed by atoms with E-state index in [1.165, 1.54) is 25.7 Å². The monoisotopic (exact) mass is 291 g/mol. The molecule has 0 heterocycles. The molecule has 2 rings (SSSR count). The summed E-state index contributed by atoms with van der Waals surface area (Å²) in [5.41, 5.74) is 0.284. The first kappa shape index (κ1) is 15.8. The van der Waals surface area contributed by atoms with Crippen molar-refractivity contribution in [1.82, 2.24) is 5.32 Å². The van der Waals surface area contributed by atoms with Gasteiger partial charge in [-0.25, -0.2) is 4.79 Å². The zero-order valence-corrected chi connectivity index (χ0v) is 12.7. The molecule has 2 atom stereocenters. The summed E-state index contributed by atoms with van der Waals surface area (Å²) < 4.78 is 5.60. The Kier molecular flexibility index (Phi) is 6.05. The quantitative estimate of drug-likeness (QED) is 0.758. The number of carboxylic acid groups (broad SMARTS) is 1. The van der Waals surface area contributed by atoms with Crippen LogP contribution in [0.4, 0.5) is 0 Å². The van der Waals surface area contributed by atoms with E-state index in [9.17, 15) is 4.79 Å². The standard InChI is InChI=1S/C17H25NO3/c1-13-3-2-4-14(11-13)12-18-9-10-21-16-7-5-15(6-8-16)17(19)20/h5-8,13-14,18H,2-4,9-12H2,1H3,(H,19,20). The highest BCUT2D eigenvalue weighted by molar-refractivity contribution is 5.87. The molecular formula is C17H25NO3. The Morgan fingerprint density at radius 3 is 2.76 bits per heavy atom. The number of carboxylic acids is 1. The summed E-state index contributed by atoms with van der Waals surface area (Å²) in [7, 11) is 0. The van der Waals surface area contributed by atoms with Crippen LogP contribution in [-0.4, -0.2) is 30.8 Å². The van der Waals surface area contributed by atoms with Crippen molar-refractivity contribution in [3.8, 4) is 5.75 Å². The molecule has 1 aliphatic rings. The zero-order valence-electron chi connectivity index (χ0n) is 12.7. The average Bonchev–Trinajstić information content (AvgIpc) is 2.47. The summed E-state index contributed by atoms with van der Waals surface area (Å²) in [5.74, 6) is 1.48. The highest BCUT2D eigenvalue weighted by Gasteiger charge is 2.17. The molecule has 2 N–H and O–H groups in total. The van der Waals surface area contributed by atoms with Crippen LogP contribution in [0.15, 0.2) is 24.3 Å². The van der Waals surface area contributed by atoms with Gasteiger partial charge in [-0.2, -0.15) is 0 Å². The Balaban J connectivity index is 1.60. The number of ether oxygens (including phenoxy) is 1. The molecule has 0 saturated heterocycles. The Bertz CT molecular complexity index is 444. The van der Waals surface area contributed by atoms with Crippen molar-refractivity contribution in [3.63, 3.8) is 0 Å². The minimum Gasteiger partial charge on any atom is -0.492 e. The molecule has 1 saturated carbocycles. The highest BCUT2D eigenvalue weighted by Crippen LogP contribution is 2.27. The van der Waals surface area contributed by atoms with E-state index >= 15 is 0 Å². The maximum Gasteiger partial charge on any atom is 0.335 e. The summed E-state index contributed by atoms with van der Waals surface area (Å²) in [6, 6.07) is 6.53. The molecule has 0 spiro atoms. The molecule has 1 fully saturated rings. The number of nitrogens with one attached hydrogen (secondary N) is 1. The summed E-state index contributed by atoms with van der Waals surface area (Å²) in [6.45, 7) is 4.85. The maximum absolute atomic E-state index is 10.7. The number of carbonyl (C=O) groups is 1. The lowest BCUT2D eigenvalue weighted by Crippen LogP contribution is -2.29. The Labute approximate surface area is 126 Å². The van der Waals surface area contributed by atoms with Gasteiger partial charge in [0.1, 0.15) is 12.4 Å². The molecule has 0 aromatic heterocycles.